The monoisotopic (exact) mass is 418 g/mol. The first-order valence-electron chi connectivity index (χ1n) is 9.77. The predicted octanol–water partition coefficient (Wildman–Crippen LogP) is 2.71. The van der Waals surface area contributed by atoms with Crippen molar-refractivity contribution in [2.75, 3.05) is 6.26 Å². The molecule has 0 amide bonds. The molecule has 4 nitrogen and oxygen atoms in total. The highest BCUT2D eigenvalue weighted by atomic mass is 32.2. The standard InChI is InChI=1S/C22H30O4SSi/c1-22(2,3)21(17-15-18(16-17)25-27(4,23)24)26-28(19-11-7-5-8-12-19)20-13-9-6-10-14-20/h5-14,17-18,21,28H,15-16H2,1-4H3. The zero-order valence-electron chi connectivity index (χ0n) is 17.0. The average molecular weight is 419 g/mol. The third-order valence-corrected chi connectivity index (χ3v) is 8.38. The second-order valence-electron chi connectivity index (χ2n) is 8.78. The van der Waals surface area contributed by atoms with E-state index < -0.39 is 19.2 Å². The van der Waals surface area contributed by atoms with Gasteiger partial charge in [-0.1, -0.05) is 81.4 Å². The molecule has 0 aromatic heterocycles. The summed E-state index contributed by atoms with van der Waals surface area (Å²) in [5.41, 5.74) is -0.0461. The van der Waals surface area contributed by atoms with Crippen molar-refractivity contribution in [3.8, 4) is 0 Å². The smallest absolute Gasteiger partial charge is 0.264 e. The van der Waals surface area contributed by atoms with Crippen molar-refractivity contribution >= 4 is 29.5 Å². The van der Waals surface area contributed by atoms with Crippen LogP contribution in [0.2, 0.25) is 0 Å². The summed E-state index contributed by atoms with van der Waals surface area (Å²) in [7, 11) is -5.28. The van der Waals surface area contributed by atoms with E-state index in [0.717, 1.165) is 19.1 Å². The van der Waals surface area contributed by atoms with Gasteiger partial charge in [-0.15, -0.1) is 0 Å². The van der Waals surface area contributed by atoms with Gasteiger partial charge in [-0.05, 0) is 34.5 Å². The van der Waals surface area contributed by atoms with Crippen molar-refractivity contribution in [3.05, 3.63) is 60.7 Å². The SMILES string of the molecule is CC(C)(C)C(O[SiH](c1ccccc1)c1ccccc1)C1CC(OS(C)(=O)=O)C1. The molecule has 1 aliphatic rings. The quantitative estimate of drug-likeness (QED) is 0.512. The summed E-state index contributed by atoms with van der Waals surface area (Å²) in [5, 5.41) is 2.51. The molecule has 0 bridgehead atoms. The molecule has 6 heteroatoms. The van der Waals surface area contributed by atoms with Crippen molar-refractivity contribution in [2.45, 2.75) is 45.8 Å². The fourth-order valence-electron chi connectivity index (χ4n) is 3.95. The lowest BCUT2D eigenvalue weighted by molar-refractivity contribution is -0.0462. The molecule has 0 radical (unpaired) electrons. The molecule has 2 aromatic carbocycles. The van der Waals surface area contributed by atoms with Crippen LogP contribution in [0.5, 0.6) is 0 Å². The first kappa shape index (κ1) is 21.2. The van der Waals surface area contributed by atoms with E-state index in [9.17, 15) is 8.42 Å². The molecule has 28 heavy (non-hydrogen) atoms. The van der Waals surface area contributed by atoms with Crippen LogP contribution in [0, 0.1) is 11.3 Å². The van der Waals surface area contributed by atoms with Crippen LogP contribution in [-0.2, 0) is 18.7 Å². The van der Waals surface area contributed by atoms with Crippen molar-refractivity contribution in [1.29, 1.82) is 0 Å². The Morgan fingerprint density at radius 2 is 1.39 bits per heavy atom. The molecule has 0 spiro atoms. The van der Waals surface area contributed by atoms with Gasteiger partial charge in [0, 0.05) is 0 Å². The molecule has 3 rings (SSSR count). The maximum Gasteiger partial charge on any atom is 0.264 e. The van der Waals surface area contributed by atoms with Crippen LogP contribution < -0.4 is 10.4 Å². The van der Waals surface area contributed by atoms with Gasteiger partial charge < -0.3 is 4.43 Å². The van der Waals surface area contributed by atoms with Crippen molar-refractivity contribution in [3.63, 3.8) is 0 Å². The summed E-state index contributed by atoms with van der Waals surface area (Å²) >= 11 is 0. The van der Waals surface area contributed by atoms with Gasteiger partial charge in [0.05, 0.1) is 18.5 Å². The number of benzene rings is 2. The van der Waals surface area contributed by atoms with Crippen LogP contribution in [0.25, 0.3) is 0 Å². The predicted molar refractivity (Wildman–Crippen MR) is 116 cm³/mol. The van der Waals surface area contributed by atoms with Crippen molar-refractivity contribution in [2.24, 2.45) is 11.3 Å². The Bertz CT molecular complexity index is 817. The fourth-order valence-corrected chi connectivity index (χ4v) is 7.37. The van der Waals surface area contributed by atoms with Gasteiger partial charge in [0.15, 0.2) is 0 Å². The Morgan fingerprint density at radius 1 is 0.929 bits per heavy atom. The molecular formula is C22H30O4SSi. The van der Waals surface area contributed by atoms with Crippen LogP contribution >= 0.6 is 0 Å². The summed E-state index contributed by atoms with van der Waals surface area (Å²) in [5.74, 6) is 0.300. The summed E-state index contributed by atoms with van der Waals surface area (Å²) in [4.78, 5) is 0. The van der Waals surface area contributed by atoms with E-state index >= 15 is 0 Å². The Hall–Kier alpha value is -1.47. The lowest BCUT2D eigenvalue weighted by Crippen LogP contribution is -2.54. The van der Waals surface area contributed by atoms with Crippen LogP contribution in [0.4, 0.5) is 0 Å². The number of hydrogen-bond acceptors (Lipinski definition) is 4. The van der Waals surface area contributed by atoms with Gasteiger partial charge in [0.1, 0.15) is 0 Å². The third kappa shape index (κ3) is 5.53. The number of rotatable bonds is 7. The van der Waals surface area contributed by atoms with Gasteiger partial charge in [-0.25, -0.2) is 0 Å². The Balaban J connectivity index is 1.82. The van der Waals surface area contributed by atoms with Gasteiger partial charge in [0.2, 0.25) is 9.04 Å². The van der Waals surface area contributed by atoms with E-state index in [0.29, 0.717) is 5.92 Å². The molecule has 1 fully saturated rings. The highest BCUT2D eigenvalue weighted by Crippen LogP contribution is 2.41. The van der Waals surface area contributed by atoms with Crippen LogP contribution in [0.3, 0.4) is 0 Å². The summed E-state index contributed by atoms with van der Waals surface area (Å²) in [6.45, 7) is 6.59. The summed E-state index contributed by atoms with van der Waals surface area (Å²) < 4.78 is 34.9. The fraction of sp³-hybridized carbons (Fsp3) is 0.455. The Kier molecular flexibility index (Phi) is 6.44. The van der Waals surface area contributed by atoms with Gasteiger partial charge in [-0.3, -0.25) is 4.18 Å². The lowest BCUT2D eigenvalue weighted by Gasteiger charge is -2.46. The molecule has 0 N–H and O–H groups in total. The molecule has 1 aliphatic carbocycles. The van der Waals surface area contributed by atoms with Gasteiger partial charge in [-0.2, -0.15) is 8.42 Å². The summed E-state index contributed by atoms with van der Waals surface area (Å²) in [6.07, 6.45) is 2.39. The minimum absolute atomic E-state index is 0.0454. The second-order valence-corrected chi connectivity index (χ2v) is 12.7. The molecule has 0 saturated heterocycles. The van der Waals surface area contributed by atoms with E-state index in [1.807, 2.05) is 12.1 Å². The molecule has 2 aromatic rings. The molecule has 0 heterocycles. The van der Waals surface area contributed by atoms with Crippen LogP contribution in [0.15, 0.2) is 60.7 Å². The maximum atomic E-state index is 11.4. The Morgan fingerprint density at radius 3 is 1.79 bits per heavy atom. The normalized spacial score (nSPS) is 21.3. The number of hydrogen-bond donors (Lipinski definition) is 0. The zero-order chi connectivity index (χ0) is 20.4. The zero-order valence-corrected chi connectivity index (χ0v) is 19.0. The minimum Gasteiger partial charge on any atom is -0.407 e. The molecule has 152 valence electrons. The molecule has 1 unspecified atom stereocenters. The topological polar surface area (TPSA) is 52.6 Å². The van der Waals surface area contributed by atoms with E-state index in [1.165, 1.54) is 10.4 Å². The maximum absolute atomic E-state index is 11.4. The van der Waals surface area contributed by atoms with Crippen LogP contribution in [0.1, 0.15) is 33.6 Å². The molecular weight excluding hydrogens is 388 g/mol. The van der Waals surface area contributed by atoms with E-state index in [2.05, 4.69) is 69.3 Å². The van der Waals surface area contributed by atoms with E-state index in [4.69, 9.17) is 8.61 Å². The van der Waals surface area contributed by atoms with Crippen molar-refractivity contribution in [1.82, 2.24) is 0 Å². The van der Waals surface area contributed by atoms with E-state index in [-0.39, 0.29) is 17.6 Å². The highest BCUT2D eigenvalue weighted by molar-refractivity contribution is 7.86. The average Bonchev–Trinajstić information content (AvgIpc) is 2.59. The first-order valence-corrected chi connectivity index (χ1v) is 13.2. The molecule has 1 saturated carbocycles. The third-order valence-electron chi connectivity index (χ3n) is 5.21. The molecule has 1 atom stereocenters. The minimum atomic E-state index is -3.41. The largest absolute Gasteiger partial charge is 0.407 e. The Labute approximate surface area is 170 Å². The first-order chi connectivity index (χ1) is 13.1. The van der Waals surface area contributed by atoms with Crippen LogP contribution in [-0.4, -0.2) is 35.9 Å². The molecule has 0 aliphatic heterocycles. The lowest BCUT2D eigenvalue weighted by atomic mass is 9.70. The summed E-state index contributed by atoms with van der Waals surface area (Å²) in [6, 6.07) is 20.9. The van der Waals surface area contributed by atoms with Crippen molar-refractivity contribution < 1.29 is 17.0 Å². The second kappa shape index (κ2) is 8.49. The highest BCUT2D eigenvalue weighted by Gasteiger charge is 2.44. The van der Waals surface area contributed by atoms with Gasteiger partial charge in [0.25, 0.3) is 10.1 Å². The van der Waals surface area contributed by atoms with E-state index in [1.54, 1.807) is 0 Å². The van der Waals surface area contributed by atoms with Gasteiger partial charge >= 0.3 is 0 Å².